The Hall–Kier alpha value is -3.96. The number of anilines is 1. The van der Waals surface area contributed by atoms with Crippen LogP contribution in [0.15, 0.2) is 103 Å². The third-order valence-electron chi connectivity index (χ3n) is 6.92. The maximum absolute atomic E-state index is 13.5. The van der Waals surface area contributed by atoms with Crippen molar-refractivity contribution in [2.75, 3.05) is 11.4 Å². The molecule has 4 aromatic carbocycles. The Kier molecular flexibility index (Phi) is 7.62. The molecule has 0 aliphatic carbocycles. The van der Waals surface area contributed by atoms with Crippen LogP contribution in [-0.4, -0.2) is 29.7 Å². The van der Waals surface area contributed by atoms with Crippen molar-refractivity contribution < 1.29 is 14.3 Å². The fourth-order valence-corrected chi connectivity index (χ4v) is 5.00. The number of aliphatic hydroxyl groups excluding tert-OH is 1. The highest BCUT2D eigenvalue weighted by Gasteiger charge is 2.28. The summed E-state index contributed by atoms with van der Waals surface area (Å²) in [4.78, 5) is 15.2. The molecule has 4 nitrogen and oxygen atoms in total. The molecular weight excluding hydrogens is 463 g/mol. The van der Waals surface area contributed by atoms with Gasteiger partial charge >= 0.3 is 0 Å². The molecule has 2 atom stereocenters. The minimum absolute atomic E-state index is 0.140. The summed E-state index contributed by atoms with van der Waals surface area (Å²) in [6.45, 7) is 1.36. The Morgan fingerprint density at radius 3 is 2.24 bits per heavy atom. The topological polar surface area (TPSA) is 52.6 Å². The van der Waals surface area contributed by atoms with E-state index in [-0.39, 0.29) is 17.8 Å². The second-order valence-electron chi connectivity index (χ2n) is 9.67. The molecular formula is C32H31FN2O2. The van der Waals surface area contributed by atoms with Gasteiger partial charge in [0.15, 0.2) is 0 Å². The molecule has 0 radical (unpaired) electrons. The number of rotatable bonds is 8. The Morgan fingerprint density at radius 1 is 0.892 bits per heavy atom. The van der Waals surface area contributed by atoms with Gasteiger partial charge in [0.25, 0.3) is 0 Å². The van der Waals surface area contributed by atoms with Gasteiger partial charge in [-0.25, -0.2) is 4.39 Å². The van der Waals surface area contributed by atoms with Crippen LogP contribution in [0, 0.1) is 5.82 Å². The minimum atomic E-state index is -1.06. The third-order valence-corrected chi connectivity index (χ3v) is 6.92. The zero-order valence-corrected chi connectivity index (χ0v) is 20.7. The smallest absolute Gasteiger partial charge is 0.249 e. The Balaban J connectivity index is 1.34. The monoisotopic (exact) mass is 494 g/mol. The second kappa shape index (κ2) is 11.4. The van der Waals surface area contributed by atoms with Gasteiger partial charge in [0.2, 0.25) is 5.91 Å². The predicted octanol–water partition coefficient (Wildman–Crippen LogP) is 5.53. The van der Waals surface area contributed by atoms with Crippen molar-refractivity contribution in [1.29, 1.82) is 0 Å². The first-order valence-electron chi connectivity index (χ1n) is 12.8. The van der Waals surface area contributed by atoms with Gasteiger partial charge in [0, 0.05) is 18.8 Å². The van der Waals surface area contributed by atoms with E-state index in [4.69, 9.17) is 0 Å². The number of nitrogens with one attached hydrogen (secondary N) is 1. The Bertz CT molecular complexity index is 1330. The van der Waals surface area contributed by atoms with Crippen molar-refractivity contribution in [3.8, 4) is 11.1 Å². The summed E-state index contributed by atoms with van der Waals surface area (Å²) in [5.41, 5.74) is 6.49. The zero-order valence-electron chi connectivity index (χ0n) is 20.7. The largest absolute Gasteiger partial charge is 0.383 e. The molecule has 188 valence electrons. The quantitative estimate of drug-likeness (QED) is 0.339. The van der Waals surface area contributed by atoms with Crippen molar-refractivity contribution in [2.24, 2.45) is 0 Å². The van der Waals surface area contributed by atoms with Crippen molar-refractivity contribution in [3.05, 3.63) is 126 Å². The maximum Gasteiger partial charge on any atom is 0.249 e. The van der Waals surface area contributed by atoms with E-state index in [2.05, 4.69) is 40.5 Å². The molecule has 0 spiro atoms. The summed E-state index contributed by atoms with van der Waals surface area (Å²) in [5, 5.41) is 13.7. The van der Waals surface area contributed by atoms with Gasteiger partial charge in [0.05, 0.1) is 6.04 Å². The van der Waals surface area contributed by atoms with E-state index in [1.54, 1.807) is 12.1 Å². The van der Waals surface area contributed by atoms with E-state index < -0.39 is 6.10 Å². The van der Waals surface area contributed by atoms with Gasteiger partial charge < -0.3 is 15.3 Å². The van der Waals surface area contributed by atoms with Gasteiger partial charge in [-0.3, -0.25) is 4.79 Å². The first-order valence-corrected chi connectivity index (χ1v) is 12.8. The lowest BCUT2D eigenvalue weighted by molar-refractivity contribution is -0.130. The van der Waals surface area contributed by atoms with Crippen LogP contribution in [0.3, 0.4) is 0 Å². The molecule has 37 heavy (non-hydrogen) atoms. The standard InChI is InChI=1S/C32H31FN2O2/c33-28-15-12-25(13-16-28)26-14-17-30-27(19-26)20-29(22-35(30)21-24-9-5-2-6-10-24)34-32(37)31(36)18-11-23-7-3-1-4-8-23/h1-10,12-17,19,29,31,36H,11,18,20-22H2,(H,34,37)/t29?,31-/m0/s1. The summed E-state index contributed by atoms with van der Waals surface area (Å²) in [6, 6.07) is 32.8. The third kappa shape index (κ3) is 6.25. The van der Waals surface area contributed by atoms with Gasteiger partial charge in [-0.1, -0.05) is 78.9 Å². The lowest BCUT2D eigenvalue weighted by Crippen LogP contribution is -2.50. The van der Waals surface area contributed by atoms with Gasteiger partial charge in [-0.15, -0.1) is 0 Å². The number of hydrogen-bond donors (Lipinski definition) is 2. The lowest BCUT2D eigenvalue weighted by Gasteiger charge is -2.37. The molecule has 1 aliphatic heterocycles. The molecule has 0 bridgehead atoms. The van der Waals surface area contributed by atoms with Crippen LogP contribution in [-0.2, 0) is 24.2 Å². The number of benzene rings is 4. The number of aryl methyl sites for hydroxylation is 1. The van der Waals surface area contributed by atoms with Crippen LogP contribution in [0.2, 0.25) is 0 Å². The van der Waals surface area contributed by atoms with E-state index in [0.29, 0.717) is 32.4 Å². The molecule has 1 amide bonds. The highest BCUT2D eigenvalue weighted by Crippen LogP contribution is 2.33. The SMILES string of the molecule is O=C(NC1Cc2cc(-c3ccc(F)cc3)ccc2N(Cc2ccccc2)C1)[C@@H](O)CCc1ccccc1. The number of carbonyl (C=O) groups excluding carboxylic acids is 1. The molecule has 0 saturated carbocycles. The highest BCUT2D eigenvalue weighted by molar-refractivity contribution is 5.81. The minimum Gasteiger partial charge on any atom is -0.383 e. The first kappa shape index (κ1) is 24.7. The van der Waals surface area contributed by atoms with E-state index >= 15 is 0 Å². The van der Waals surface area contributed by atoms with E-state index in [9.17, 15) is 14.3 Å². The van der Waals surface area contributed by atoms with Gasteiger partial charge in [-0.05, 0) is 71.3 Å². The average Bonchev–Trinajstić information content (AvgIpc) is 2.93. The van der Waals surface area contributed by atoms with Crippen LogP contribution < -0.4 is 10.2 Å². The molecule has 0 aromatic heterocycles. The van der Waals surface area contributed by atoms with E-state index in [1.165, 1.54) is 17.7 Å². The number of amides is 1. The number of halogens is 1. The zero-order chi connectivity index (χ0) is 25.6. The summed E-state index contributed by atoms with van der Waals surface area (Å²) >= 11 is 0. The summed E-state index contributed by atoms with van der Waals surface area (Å²) < 4.78 is 13.5. The molecule has 2 N–H and O–H groups in total. The first-order chi connectivity index (χ1) is 18.0. The average molecular weight is 495 g/mol. The van der Waals surface area contributed by atoms with Crippen molar-refractivity contribution in [2.45, 2.75) is 38.0 Å². The molecule has 5 heteroatoms. The summed E-state index contributed by atoms with van der Waals surface area (Å²) in [7, 11) is 0. The van der Waals surface area contributed by atoms with Crippen LogP contribution in [0.5, 0.6) is 0 Å². The van der Waals surface area contributed by atoms with Crippen LogP contribution in [0.1, 0.15) is 23.1 Å². The molecule has 1 heterocycles. The summed E-state index contributed by atoms with van der Waals surface area (Å²) in [5.74, 6) is -0.594. The fraction of sp³-hybridized carbons (Fsp3) is 0.219. The molecule has 5 rings (SSSR count). The fourth-order valence-electron chi connectivity index (χ4n) is 5.00. The number of hydrogen-bond acceptors (Lipinski definition) is 3. The molecule has 1 aliphatic rings. The molecule has 0 saturated heterocycles. The van der Waals surface area contributed by atoms with Crippen LogP contribution in [0.25, 0.3) is 11.1 Å². The molecule has 1 unspecified atom stereocenters. The Labute approximate surface area is 217 Å². The number of carbonyl (C=O) groups is 1. The summed E-state index contributed by atoms with van der Waals surface area (Å²) in [6.07, 6.45) is 0.619. The van der Waals surface area contributed by atoms with E-state index in [0.717, 1.165) is 27.9 Å². The van der Waals surface area contributed by atoms with Gasteiger partial charge in [-0.2, -0.15) is 0 Å². The lowest BCUT2D eigenvalue weighted by atomic mass is 9.93. The molecule has 0 fully saturated rings. The van der Waals surface area contributed by atoms with Crippen LogP contribution in [0.4, 0.5) is 10.1 Å². The number of nitrogens with zero attached hydrogens (tertiary/aromatic N) is 1. The Morgan fingerprint density at radius 2 is 1.54 bits per heavy atom. The maximum atomic E-state index is 13.5. The predicted molar refractivity (Wildman–Crippen MR) is 146 cm³/mol. The van der Waals surface area contributed by atoms with Crippen molar-refractivity contribution in [1.82, 2.24) is 5.32 Å². The number of fused-ring (bicyclic) bond motifs is 1. The molecule has 4 aromatic rings. The van der Waals surface area contributed by atoms with Crippen molar-refractivity contribution >= 4 is 11.6 Å². The highest BCUT2D eigenvalue weighted by atomic mass is 19.1. The van der Waals surface area contributed by atoms with Crippen LogP contribution >= 0.6 is 0 Å². The van der Waals surface area contributed by atoms with Crippen molar-refractivity contribution in [3.63, 3.8) is 0 Å². The van der Waals surface area contributed by atoms with Gasteiger partial charge in [0.1, 0.15) is 11.9 Å². The normalized spacial score (nSPS) is 15.6. The van der Waals surface area contributed by atoms with E-state index in [1.807, 2.05) is 48.5 Å². The second-order valence-corrected chi connectivity index (χ2v) is 9.67. The number of aliphatic hydroxyl groups is 1.